The van der Waals surface area contributed by atoms with Crippen LogP contribution >= 0.6 is 23.2 Å². The van der Waals surface area contributed by atoms with Crippen LogP contribution in [0.4, 0.5) is 5.69 Å². The van der Waals surface area contributed by atoms with E-state index in [1.54, 1.807) is 19.1 Å². The van der Waals surface area contributed by atoms with Gasteiger partial charge in [0.1, 0.15) is 0 Å². The van der Waals surface area contributed by atoms with Crippen molar-refractivity contribution in [2.45, 2.75) is 18.2 Å². The Labute approximate surface area is 168 Å². The maximum atomic E-state index is 13.0. The van der Waals surface area contributed by atoms with Crippen molar-refractivity contribution >= 4 is 51.1 Å². The Hall–Kier alpha value is -1.93. The summed E-state index contributed by atoms with van der Waals surface area (Å²) in [6, 6.07) is 10.4. The van der Waals surface area contributed by atoms with Crippen molar-refractivity contribution in [2.24, 2.45) is 0 Å². The van der Waals surface area contributed by atoms with Gasteiger partial charge in [-0.1, -0.05) is 48.3 Å². The molecule has 0 fully saturated rings. The molecule has 0 aliphatic carbocycles. The molecule has 0 aliphatic rings. The molecular formula is C18H18Cl2N2O4S. The van der Waals surface area contributed by atoms with Crippen LogP contribution in [0.25, 0.3) is 0 Å². The molecule has 2 rings (SSSR count). The minimum atomic E-state index is -4.03. The Bertz CT molecular complexity index is 948. The first-order valence-corrected chi connectivity index (χ1v) is 10.3. The van der Waals surface area contributed by atoms with E-state index in [0.29, 0.717) is 17.7 Å². The van der Waals surface area contributed by atoms with Crippen LogP contribution in [0.3, 0.4) is 0 Å². The first-order chi connectivity index (χ1) is 12.8. The molecule has 0 saturated carbocycles. The topological polar surface area (TPSA) is 83.6 Å². The number of anilines is 1. The lowest BCUT2D eigenvalue weighted by Gasteiger charge is -2.22. The third-order valence-electron chi connectivity index (χ3n) is 3.66. The summed E-state index contributed by atoms with van der Waals surface area (Å²) in [7, 11) is -4.03. The molecule has 0 aliphatic heterocycles. The number of nitrogens with zero attached hydrogens (tertiary/aromatic N) is 1. The largest absolute Gasteiger partial charge is 0.324 e. The summed E-state index contributed by atoms with van der Waals surface area (Å²) in [5.41, 5.74) is 0.327. The number of aldehydes is 1. The number of rotatable bonds is 8. The van der Waals surface area contributed by atoms with Gasteiger partial charge in [0, 0.05) is 17.1 Å². The van der Waals surface area contributed by atoms with Crippen molar-refractivity contribution < 1.29 is 18.0 Å². The molecule has 0 bridgehead atoms. The SMILES string of the molecule is CCCN(CC(=O)Nc1cc(Cl)ccc1Cl)S(=O)(=O)c1ccccc1C=O. The normalized spacial score (nSPS) is 11.4. The number of hydrogen-bond acceptors (Lipinski definition) is 4. The Kier molecular flexibility index (Phi) is 7.38. The number of carbonyl (C=O) groups is 2. The third-order valence-corrected chi connectivity index (χ3v) is 6.14. The third kappa shape index (κ3) is 5.29. The average Bonchev–Trinajstić information content (AvgIpc) is 2.64. The quantitative estimate of drug-likeness (QED) is 0.647. The summed E-state index contributed by atoms with van der Waals surface area (Å²) in [6.45, 7) is 1.48. The number of sulfonamides is 1. The molecule has 27 heavy (non-hydrogen) atoms. The molecule has 0 aromatic heterocycles. The van der Waals surface area contributed by atoms with Crippen molar-refractivity contribution in [1.82, 2.24) is 4.31 Å². The molecule has 2 aromatic carbocycles. The standard InChI is InChI=1S/C18H18Cl2N2O4S/c1-2-9-22(27(25,26)17-6-4-3-5-13(17)12-23)11-18(24)21-16-10-14(19)7-8-15(16)20/h3-8,10,12H,2,9,11H2,1H3,(H,21,24). The zero-order chi connectivity index (χ0) is 20.0. The van der Waals surface area contributed by atoms with Crippen molar-refractivity contribution in [1.29, 1.82) is 0 Å². The zero-order valence-electron chi connectivity index (χ0n) is 14.5. The second-order valence-corrected chi connectivity index (χ2v) is 8.42. The lowest BCUT2D eigenvalue weighted by molar-refractivity contribution is -0.116. The van der Waals surface area contributed by atoms with Crippen LogP contribution in [0.1, 0.15) is 23.7 Å². The number of nitrogens with one attached hydrogen (secondary N) is 1. The second-order valence-electron chi connectivity index (χ2n) is 5.67. The van der Waals surface area contributed by atoms with Gasteiger partial charge in [0.05, 0.1) is 22.2 Å². The lowest BCUT2D eigenvalue weighted by atomic mass is 10.2. The highest BCUT2D eigenvalue weighted by Gasteiger charge is 2.28. The van der Waals surface area contributed by atoms with Crippen LogP contribution < -0.4 is 5.32 Å². The average molecular weight is 429 g/mol. The van der Waals surface area contributed by atoms with Gasteiger partial charge in [0.15, 0.2) is 6.29 Å². The predicted molar refractivity (Wildman–Crippen MR) is 106 cm³/mol. The molecule has 144 valence electrons. The van der Waals surface area contributed by atoms with Gasteiger partial charge >= 0.3 is 0 Å². The summed E-state index contributed by atoms with van der Waals surface area (Å²) < 4.78 is 26.9. The Morgan fingerprint density at radius 3 is 2.56 bits per heavy atom. The van der Waals surface area contributed by atoms with Gasteiger partial charge < -0.3 is 5.32 Å². The highest BCUT2D eigenvalue weighted by atomic mass is 35.5. The van der Waals surface area contributed by atoms with Crippen molar-refractivity contribution in [3.63, 3.8) is 0 Å². The predicted octanol–water partition coefficient (Wildman–Crippen LogP) is 3.85. The number of benzene rings is 2. The fraction of sp³-hybridized carbons (Fsp3) is 0.222. The van der Waals surface area contributed by atoms with Gasteiger partial charge in [-0.3, -0.25) is 9.59 Å². The van der Waals surface area contributed by atoms with Crippen molar-refractivity contribution in [3.05, 3.63) is 58.1 Å². The summed E-state index contributed by atoms with van der Waals surface area (Å²) in [4.78, 5) is 23.5. The summed E-state index contributed by atoms with van der Waals surface area (Å²) in [6.07, 6.45) is 0.969. The van der Waals surface area contributed by atoms with Crippen molar-refractivity contribution in [2.75, 3.05) is 18.4 Å². The van der Waals surface area contributed by atoms with E-state index in [2.05, 4.69) is 5.32 Å². The first kappa shape index (κ1) is 21.4. The number of halogens is 2. The molecule has 1 amide bonds. The van der Waals surface area contributed by atoms with Crippen LogP contribution in [0.2, 0.25) is 10.0 Å². The summed E-state index contributed by atoms with van der Waals surface area (Å²) in [5, 5.41) is 3.22. The molecule has 0 radical (unpaired) electrons. The monoisotopic (exact) mass is 428 g/mol. The van der Waals surface area contributed by atoms with Gasteiger partial charge in [-0.15, -0.1) is 0 Å². The smallest absolute Gasteiger partial charge is 0.244 e. The summed E-state index contributed by atoms with van der Waals surface area (Å²) in [5.74, 6) is -0.570. The van der Waals surface area contributed by atoms with Crippen LogP contribution in [0.15, 0.2) is 47.4 Å². The lowest BCUT2D eigenvalue weighted by Crippen LogP contribution is -2.38. The van der Waals surface area contributed by atoms with E-state index in [1.807, 2.05) is 0 Å². The number of carbonyl (C=O) groups excluding carboxylic acids is 2. The van der Waals surface area contributed by atoms with Gasteiger partial charge in [-0.25, -0.2) is 8.42 Å². The van der Waals surface area contributed by atoms with Crippen molar-refractivity contribution in [3.8, 4) is 0 Å². The minimum absolute atomic E-state index is 0.0388. The van der Waals surface area contributed by atoms with E-state index >= 15 is 0 Å². The highest BCUT2D eigenvalue weighted by molar-refractivity contribution is 7.89. The van der Waals surface area contributed by atoms with Crippen LogP contribution in [-0.2, 0) is 14.8 Å². The maximum Gasteiger partial charge on any atom is 0.244 e. The van der Waals surface area contributed by atoms with Gasteiger partial charge in [0.25, 0.3) is 0 Å². The van der Waals surface area contributed by atoms with Crippen LogP contribution in [0.5, 0.6) is 0 Å². The van der Waals surface area contributed by atoms with Crippen LogP contribution in [0, 0.1) is 0 Å². The van der Waals surface area contributed by atoms with Gasteiger partial charge in [-0.2, -0.15) is 4.31 Å². The molecule has 0 unspecified atom stereocenters. The summed E-state index contributed by atoms with van der Waals surface area (Å²) >= 11 is 11.9. The first-order valence-electron chi connectivity index (χ1n) is 8.08. The van der Waals surface area contributed by atoms with E-state index < -0.39 is 22.5 Å². The Balaban J connectivity index is 2.27. The minimum Gasteiger partial charge on any atom is -0.324 e. The van der Waals surface area contributed by atoms with Gasteiger partial charge in [-0.05, 0) is 30.7 Å². The van der Waals surface area contributed by atoms with E-state index in [-0.39, 0.29) is 27.7 Å². The van der Waals surface area contributed by atoms with Gasteiger partial charge in [0.2, 0.25) is 15.9 Å². The molecule has 6 nitrogen and oxygen atoms in total. The number of hydrogen-bond donors (Lipinski definition) is 1. The fourth-order valence-corrected chi connectivity index (χ4v) is 4.42. The molecule has 9 heteroatoms. The maximum absolute atomic E-state index is 13.0. The van der Waals surface area contributed by atoms with E-state index in [1.165, 1.54) is 30.3 Å². The van der Waals surface area contributed by atoms with E-state index in [9.17, 15) is 18.0 Å². The number of amides is 1. The molecule has 0 heterocycles. The Morgan fingerprint density at radius 2 is 1.89 bits per heavy atom. The zero-order valence-corrected chi connectivity index (χ0v) is 16.8. The molecule has 1 N–H and O–H groups in total. The second kappa shape index (κ2) is 9.32. The fourth-order valence-electron chi connectivity index (χ4n) is 2.43. The molecule has 0 spiro atoms. The highest BCUT2D eigenvalue weighted by Crippen LogP contribution is 2.26. The molecular weight excluding hydrogens is 411 g/mol. The van der Waals surface area contributed by atoms with Crippen LogP contribution in [-0.4, -0.2) is 38.0 Å². The van der Waals surface area contributed by atoms with E-state index in [4.69, 9.17) is 23.2 Å². The van der Waals surface area contributed by atoms with E-state index in [0.717, 1.165) is 4.31 Å². The molecule has 0 atom stereocenters. The molecule has 0 saturated heterocycles. The molecule has 2 aromatic rings. The Morgan fingerprint density at radius 1 is 1.19 bits per heavy atom.